The van der Waals surface area contributed by atoms with E-state index in [4.69, 9.17) is 14.7 Å². The van der Waals surface area contributed by atoms with Crippen molar-refractivity contribution < 1.29 is 9.53 Å². The van der Waals surface area contributed by atoms with Crippen LogP contribution in [0.15, 0.2) is 42.7 Å². The van der Waals surface area contributed by atoms with Crippen LogP contribution in [0.1, 0.15) is 36.9 Å². The summed E-state index contributed by atoms with van der Waals surface area (Å²) in [6, 6.07) is 9.71. The first kappa shape index (κ1) is 23.6. The van der Waals surface area contributed by atoms with Crippen LogP contribution in [-0.2, 0) is 17.7 Å². The van der Waals surface area contributed by atoms with E-state index in [0.29, 0.717) is 31.5 Å². The molecule has 10 nitrogen and oxygen atoms in total. The smallest absolute Gasteiger partial charge is 0.319 e. The number of nitrogens with one attached hydrogen (secondary N) is 2. The molecule has 0 atom stereocenters. The molecule has 192 valence electrons. The lowest BCUT2D eigenvalue weighted by molar-refractivity contribution is 0.122. The van der Waals surface area contributed by atoms with E-state index in [1.165, 1.54) is 18.4 Å². The minimum absolute atomic E-state index is 0.150. The van der Waals surface area contributed by atoms with Crippen molar-refractivity contribution in [3.8, 4) is 11.4 Å². The quantitative estimate of drug-likeness (QED) is 0.549. The third kappa shape index (κ3) is 5.34. The molecule has 2 amide bonds. The van der Waals surface area contributed by atoms with Crippen molar-refractivity contribution in [2.24, 2.45) is 0 Å². The maximum absolute atomic E-state index is 12.4. The zero-order chi connectivity index (χ0) is 25.0. The van der Waals surface area contributed by atoms with Gasteiger partial charge in [-0.1, -0.05) is 12.8 Å². The van der Waals surface area contributed by atoms with Gasteiger partial charge in [-0.05, 0) is 49.6 Å². The molecule has 10 heteroatoms. The average Bonchev–Trinajstić information content (AvgIpc) is 3.46. The first-order valence-electron chi connectivity index (χ1n) is 13.2. The molecular formula is C27H32N8O2. The number of nitrogens with zero attached hydrogens (tertiary/aromatic N) is 6. The van der Waals surface area contributed by atoms with Gasteiger partial charge in [-0.15, -0.1) is 0 Å². The fourth-order valence-corrected chi connectivity index (χ4v) is 5.33. The summed E-state index contributed by atoms with van der Waals surface area (Å²) < 4.78 is 5.59. The molecule has 1 aromatic carbocycles. The second kappa shape index (κ2) is 10.7. The van der Waals surface area contributed by atoms with E-state index in [9.17, 15) is 4.79 Å². The van der Waals surface area contributed by atoms with Crippen LogP contribution < -0.4 is 20.4 Å². The lowest BCUT2D eigenvalue weighted by atomic mass is 10.0. The number of aromatic nitrogens is 4. The molecular weight excluding hydrogens is 468 g/mol. The van der Waals surface area contributed by atoms with Gasteiger partial charge in [0.2, 0.25) is 5.95 Å². The van der Waals surface area contributed by atoms with E-state index in [1.807, 2.05) is 30.3 Å². The number of rotatable bonds is 5. The number of carbonyl (C=O) groups is 1. The second-order valence-electron chi connectivity index (χ2n) is 9.77. The molecule has 1 aliphatic carbocycles. The summed E-state index contributed by atoms with van der Waals surface area (Å²) in [5.41, 5.74) is 3.85. The van der Waals surface area contributed by atoms with E-state index >= 15 is 0 Å². The number of morpholine rings is 1. The minimum atomic E-state index is -0.150. The van der Waals surface area contributed by atoms with Gasteiger partial charge in [0.05, 0.1) is 25.5 Å². The fourth-order valence-electron chi connectivity index (χ4n) is 5.33. The number of hydrogen-bond donors (Lipinski definition) is 2. The van der Waals surface area contributed by atoms with Crippen molar-refractivity contribution in [1.82, 2.24) is 25.3 Å². The highest BCUT2D eigenvalue weighted by Crippen LogP contribution is 2.31. The van der Waals surface area contributed by atoms with Crippen molar-refractivity contribution in [2.75, 3.05) is 48.0 Å². The number of anilines is 3. The van der Waals surface area contributed by atoms with Gasteiger partial charge in [0.15, 0.2) is 5.82 Å². The van der Waals surface area contributed by atoms with E-state index in [-0.39, 0.29) is 12.1 Å². The lowest BCUT2D eigenvalue weighted by Crippen LogP contribution is -2.39. The van der Waals surface area contributed by atoms with Crippen LogP contribution in [-0.4, -0.2) is 64.9 Å². The molecule has 1 saturated carbocycles. The Morgan fingerprint density at radius 1 is 0.946 bits per heavy atom. The Morgan fingerprint density at radius 3 is 2.46 bits per heavy atom. The molecule has 3 aromatic rings. The number of carbonyl (C=O) groups excluding carboxylic acids is 1. The van der Waals surface area contributed by atoms with Crippen LogP contribution in [0.25, 0.3) is 11.4 Å². The number of urea groups is 1. The Kier molecular flexibility index (Phi) is 6.81. The van der Waals surface area contributed by atoms with Crippen LogP contribution in [0.3, 0.4) is 0 Å². The maximum atomic E-state index is 12.4. The third-order valence-electron chi connectivity index (χ3n) is 7.28. The standard InChI is InChI=1S/C27H32N8O2/c36-27(30-20-4-1-2-5-20)31-21-8-6-19(7-9-21)24-32-23-18-35(26-28-11-3-12-29-26)13-10-22(23)25(33-24)34-14-16-37-17-15-34/h3,6-9,11-12,20H,1-2,4-5,10,13-18H2,(H2,30,31,36). The van der Waals surface area contributed by atoms with E-state index < -0.39 is 0 Å². The Labute approximate surface area is 216 Å². The van der Waals surface area contributed by atoms with Gasteiger partial charge < -0.3 is 25.2 Å². The molecule has 4 heterocycles. The van der Waals surface area contributed by atoms with Crippen molar-refractivity contribution in [3.63, 3.8) is 0 Å². The van der Waals surface area contributed by atoms with Crippen molar-refractivity contribution >= 4 is 23.5 Å². The summed E-state index contributed by atoms with van der Waals surface area (Å²) in [6.07, 6.45) is 8.85. The van der Waals surface area contributed by atoms with Crippen LogP contribution in [0.2, 0.25) is 0 Å². The van der Waals surface area contributed by atoms with Gasteiger partial charge >= 0.3 is 6.03 Å². The number of ether oxygens (including phenoxy) is 1. The molecule has 3 aliphatic rings. The predicted molar refractivity (Wildman–Crippen MR) is 142 cm³/mol. The molecule has 37 heavy (non-hydrogen) atoms. The van der Waals surface area contributed by atoms with E-state index in [0.717, 1.165) is 61.7 Å². The van der Waals surface area contributed by atoms with Crippen molar-refractivity contribution in [2.45, 2.75) is 44.7 Å². The summed E-state index contributed by atoms with van der Waals surface area (Å²) in [4.78, 5) is 35.8. The molecule has 0 radical (unpaired) electrons. The highest BCUT2D eigenvalue weighted by molar-refractivity contribution is 5.89. The third-order valence-corrected chi connectivity index (χ3v) is 7.28. The molecule has 2 aromatic heterocycles. The topological polar surface area (TPSA) is 108 Å². The Morgan fingerprint density at radius 2 is 1.70 bits per heavy atom. The molecule has 6 rings (SSSR count). The molecule has 0 unspecified atom stereocenters. The molecule has 0 spiro atoms. The largest absolute Gasteiger partial charge is 0.378 e. The average molecular weight is 501 g/mol. The van der Waals surface area contributed by atoms with Gasteiger partial charge in [0.25, 0.3) is 0 Å². The Hall–Kier alpha value is -3.79. The van der Waals surface area contributed by atoms with Crippen molar-refractivity contribution in [3.05, 3.63) is 54.0 Å². The SMILES string of the molecule is O=C(Nc1ccc(-c2nc3c(c(N4CCOCC4)n2)CCN(c2ncccn2)C3)cc1)NC1CCCC1. The molecule has 1 saturated heterocycles. The highest BCUT2D eigenvalue weighted by Gasteiger charge is 2.27. The van der Waals surface area contributed by atoms with Crippen molar-refractivity contribution in [1.29, 1.82) is 0 Å². The van der Waals surface area contributed by atoms with Crippen LogP contribution in [0, 0.1) is 0 Å². The second-order valence-corrected chi connectivity index (χ2v) is 9.77. The van der Waals surface area contributed by atoms with Gasteiger partial charge in [0.1, 0.15) is 5.82 Å². The number of hydrogen-bond acceptors (Lipinski definition) is 8. The zero-order valence-corrected chi connectivity index (χ0v) is 20.9. The fraction of sp³-hybridized carbons (Fsp3) is 0.444. The zero-order valence-electron chi connectivity index (χ0n) is 20.9. The van der Waals surface area contributed by atoms with Gasteiger partial charge in [-0.2, -0.15) is 0 Å². The van der Waals surface area contributed by atoms with Gasteiger partial charge in [0, 0.05) is 54.9 Å². The number of amides is 2. The predicted octanol–water partition coefficient (Wildman–Crippen LogP) is 3.40. The van der Waals surface area contributed by atoms with Crippen LogP contribution >= 0.6 is 0 Å². The first-order chi connectivity index (χ1) is 18.2. The Balaban J connectivity index is 1.26. The lowest BCUT2D eigenvalue weighted by Gasteiger charge is -2.34. The molecule has 2 aliphatic heterocycles. The summed E-state index contributed by atoms with van der Waals surface area (Å²) >= 11 is 0. The highest BCUT2D eigenvalue weighted by atomic mass is 16.5. The molecule has 2 fully saturated rings. The monoisotopic (exact) mass is 500 g/mol. The molecule has 2 N–H and O–H groups in total. The number of benzene rings is 1. The maximum Gasteiger partial charge on any atom is 0.319 e. The van der Waals surface area contributed by atoms with Gasteiger partial charge in [-0.3, -0.25) is 0 Å². The summed E-state index contributed by atoms with van der Waals surface area (Å²) in [7, 11) is 0. The normalized spacial score (nSPS) is 17.9. The summed E-state index contributed by atoms with van der Waals surface area (Å²) in [5.74, 6) is 2.39. The van der Waals surface area contributed by atoms with Crippen LogP contribution in [0.4, 0.5) is 22.2 Å². The minimum Gasteiger partial charge on any atom is -0.378 e. The van der Waals surface area contributed by atoms with Gasteiger partial charge in [-0.25, -0.2) is 24.7 Å². The molecule has 0 bridgehead atoms. The van der Waals surface area contributed by atoms with Crippen LogP contribution in [0.5, 0.6) is 0 Å². The number of fused-ring (bicyclic) bond motifs is 1. The summed E-state index contributed by atoms with van der Waals surface area (Å²) in [5, 5.41) is 6.01. The summed E-state index contributed by atoms with van der Waals surface area (Å²) in [6.45, 7) is 4.47. The first-order valence-corrected chi connectivity index (χ1v) is 13.2. The van der Waals surface area contributed by atoms with E-state index in [2.05, 4.69) is 30.4 Å². The Bertz CT molecular complexity index is 1230. The van der Waals surface area contributed by atoms with E-state index in [1.54, 1.807) is 12.4 Å².